The Morgan fingerprint density at radius 1 is 1.14 bits per heavy atom. The normalized spacial score (nSPS) is 24.2. The summed E-state index contributed by atoms with van der Waals surface area (Å²) in [5, 5.41) is 32.1. The molecule has 2 saturated heterocycles. The predicted octanol–water partition coefficient (Wildman–Crippen LogP) is 5.14. The van der Waals surface area contributed by atoms with Crippen LogP contribution >= 0.6 is 22.6 Å². The van der Waals surface area contributed by atoms with Gasteiger partial charge in [-0.05, 0) is 97.4 Å². The molecule has 5 rings (SSSR count). The Kier molecular flexibility index (Phi) is 10.5. The molecule has 2 heterocycles. The van der Waals surface area contributed by atoms with E-state index in [1.807, 2.05) is 44.2 Å². The van der Waals surface area contributed by atoms with Crippen LogP contribution in [0.4, 0.5) is 0 Å². The lowest BCUT2D eigenvalue weighted by molar-refractivity contribution is -0.144. The van der Waals surface area contributed by atoms with Crippen LogP contribution in [0, 0.1) is 21.3 Å². The molecule has 44 heavy (non-hydrogen) atoms. The highest BCUT2D eigenvalue weighted by molar-refractivity contribution is 14.1. The van der Waals surface area contributed by atoms with E-state index in [0.29, 0.717) is 34.2 Å². The topological polar surface area (TPSA) is 111 Å². The van der Waals surface area contributed by atoms with Gasteiger partial charge >= 0.3 is 0 Å². The number of phenolic OH excluding ortho intramolecular Hbond substituents is 1. The second-order valence-electron chi connectivity index (χ2n) is 12.5. The lowest BCUT2D eigenvalue weighted by Crippen LogP contribution is -2.47. The Morgan fingerprint density at radius 2 is 1.84 bits per heavy atom. The molecular weight excluding hydrogens is 671 g/mol. The van der Waals surface area contributed by atoms with Crippen molar-refractivity contribution >= 4 is 40.5 Å². The highest BCUT2D eigenvalue weighted by Gasteiger charge is 2.56. The van der Waals surface area contributed by atoms with E-state index < -0.39 is 23.9 Å². The Labute approximate surface area is 273 Å². The molecule has 3 aliphatic rings. The number of aliphatic hydroxyl groups is 2. The number of hydrogen-bond donors (Lipinski definition) is 3. The summed E-state index contributed by atoms with van der Waals surface area (Å²) < 4.78 is 5.96. The number of nitrogens with zero attached hydrogens (tertiary/aromatic N) is 2. The molecule has 9 heteroatoms. The lowest BCUT2D eigenvalue weighted by atomic mass is 9.68. The molecule has 2 amide bonds. The highest BCUT2D eigenvalue weighted by Crippen LogP contribution is 2.47. The van der Waals surface area contributed by atoms with E-state index in [1.165, 1.54) is 17.6 Å². The molecule has 236 valence electrons. The largest absolute Gasteiger partial charge is 0.504 e. The van der Waals surface area contributed by atoms with Crippen molar-refractivity contribution in [3.8, 4) is 11.5 Å². The van der Waals surface area contributed by atoms with Gasteiger partial charge in [0.2, 0.25) is 11.8 Å². The third-order valence-electron chi connectivity index (χ3n) is 9.59. The number of rotatable bonds is 10. The first-order valence-corrected chi connectivity index (χ1v) is 16.6. The summed E-state index contributed by atoms with van der Waals surface area (Å²) in [4.78, 5) is 31.4. The number of carbonyl (C=O) groups is 2. The van der Waals surface area contributed by atoms with Crippen LogP contribution in [-0.4, -0.2) is 75.9 Å². The van der Waals surface area contributed by atoms with Crippen LogP contribution in [0.25, 0.3) is 6.08 Å². The first kappa shape index (κ1) is 32.7. The van der Waals surface area contributed by atoms with Gasteiger partial charge in [0.1, 0.15) is 0 Å². The Bertz CT molecular complexity index is 1430. The van der Waals surface area contributed by atoms with Gasteiger partial charge in [-0.15, -0.1) is 0 Å². The van der Waals surface area contributed by atoms with E-state index in [4.69, 9.17) is 4.74 Å². The number of carbonyl (C=O) groups excluding carboxylic acids is 2. The average molecular weight is 715 g/mol. The number of fused-ring (bicyclic) bond motifs is 1. The molecule has 0 bridgehead atoms. The zero-order valence-electron chi connectivity index (χ0n) is 25.7. The van der Waals surface area contributed by atoms with Crippen molar-refractivity contribution in [3.63, 3.8) is 0 Å². The molecule has 4 atom stereocenters. The second kappa shape index (κ2) is 14.1. The third kappa shape index (κ3) is 6.76. The Balaban J connectivity index is 1.24. The number of aliphatic hydroxyl groups excluding tert-OH is 2. The van der Waals surface area contributed by atoms with Crippen molar-refractivity contribution in [1.29, 1.82) is 0 Å². The van der Waals surface area contributed by atoms with Crippen LogP contribution in [0.2, 0.25) is 0 Å². The van der Waals surface area contributed by atoms with E-state index in [1.54, 1.807) is 6.07 Å². The summed E-state index contributed by atoms with van der Waals surface area (Å²) in [6, 6.07) is 13.8. The number of phenols is 1. The van der Waals surface area contributed by atoms with Crippen LogP contribution in [-0.2, 0) is 16.1 Å². The van der Waals surface area contributed by atoms with Crippen molar-refractivity contribution in [2.45, 2.75) is 64.6 Å². The molecule has 0 unspecified atom stereocenters. The zero-order chi connectivity index (χ0) is 31.5. The molecule has 2 fully saturated rings. The molecule has 2 aliphatic heterocycles. The smallest absolute Gasteiger partial charge is 0.234 e. The molecular formula is C35H43IN2O6. The van der Waals surface area contributed by atoms with Crippen LogP contribution in [0.3, 0.4) is 0 Å². The highest BCUT2D eigenvalue weighted by atomic mass is 127. The number of benzene rings is 2. The standard InChI is InChI=1S/C35H43IN2O6/c1-21(15-24-17-28(36)33(41)30(18-24)44-3)9-10-29(40)31-22(2)16-26-32(27(31)20-39)35(43)38(34(26)42)25-11-13-37(14-12-25)19-23-7-5-4-6-8-23/h4-8,15,17-18,25-27,29,32,39-41H,9-14,16,19-20H2,1-3H3/b21-15+/t26-,27+,29-,32-/m1/s1. The van der Waals surface area contributed by atoms with Crippen LogP contribution < -0.4 is 4.74 Å². The average Bonchev–Trinajstić information content (AvgIpc) is 3.26. The van der Waals surface area contributed by atoms with Crippen molar-refractivity contribution < 1.29 is 29.6 Å². The summed E-state index contributed by atoms with van der Waals surface area (Å²) in [6.07, 6.45) is 4.12. The van der Waals surface area contributed by atoms with E-state index in [9.17, 15) is 24.9 Å². The minimum Gasteiger partial charge on any atom is -0.504 e. The van der Waals surface area contributed by atoms with Gasteiger partial charge in [-0.1, -0.05) is 47.6 Å². The predicted molar refractivity (Wildman–Crippen MR) is 178 cm³/mol. The fraction of sp³-hybridized carbons (Fsp3) is 0.486. The minimum absolute atomic E-state index is 0.110. The molecule has 0 radical (unpaired) electrons. The van der Waals surface area contributed by atoms with Crippen LogP contribution in [0.5, 0.6) is 11.5 Å². The molecule has 1 aliphatic carbocycles. The fourth-order valence-corrected chi connectivity index (χ4v) is 8.01. The zero-order valence-corrected chi connectivity index (χ0v) is 27.9. The summed E-state index contributed by atoms with van der Waals surface area (Å²) in [5.41, 5.74) is 4.80. The third-order valence-corrected chi connectivity index (χ3v) is 10.4. The van der Waals surface area contributed by atoms with Crippen LogP contribution in [0.1, 0.15) is 57.1 Å². The molecule has 0 saturated carbocycles. The molecule has 0 spiro atoms. The number of methoxy groups -OCH3 is 1. The Morgan fingerprint density at radius 3 is 2.50 bits per heavy atom. The van der Waals surface area contributed by atoms with Crippen molar-refractivity contribution in [1.82, 2.24) is 9.80 Å². The summed E-state index contributed by atoms with van der Waals surface area (Å²) in [6.45, 7) is 6.12. The number of allylic oxidation sites excluding steroid dienone is 2. The van der Waals surface area contributed by atoms with Crippen molar-refractivity contribution in [3.05, 3.63) is 73.9 Å². The number of imide groups is 1. The number of piperidine rings is 1. The van der Waals surface area contributed by atoms with E-state index >= 15 is 0 Å². The van der Waals surface area contributed by atoms with Crippen molar-refractivity contribution in [2.24, 2.45) is 17.8 Å². The van der Waals surface area contributed by atoms with E-state index in [0.717, 1.165) is 49.2 Å². The molecule has 2 aromatic carbocycles. The summed E-state index contributed by atoms with van der Waals surface area (Å²) in [7, 11) is 1.52. The number of hydrogen-bond acceptors (Lipinski definition) is 7. The molecule has 8 nitrogen and oxygen atoms in total. The van der Waals surface area contributed by atoms with E-state index in [2.05, 4.69) is 39.6 Å². The summed E-state index contributed by atoms with van der Waals surface area (Å²) >= 11 is 2.06. The quantitative estimate of drug-likeness (QED) is 0.178. The van der Waals surface area contributed by atoms with Crippen LogP contribution in [0.15, 0.2) is 59.2 Å². The van der Waals surface area contributed by atoms with Gasteiger partial charge < -0.3 is 20.1 Å². The van der Waals surface area contributed by atoms with Gasteiger partial charge in [0.25, 0.3) is 0 Å². The van der Waals surface area contributed by atoms with Gasteiger partial charge in [0, 0.05) is 31.6 Å². The van der Waals surface area contributed by atoms with Gasteiger partial charge in [0.05, 0.1) is 35.2 Å². The van der Waals surface area contributed by atoms with Gasteiger partial charge in [-0.2, -0.15) is 0 Å². The van der Waals surface area contributed by atoms with Gasteiger partial charge in [0.15, 0.2) is 11.5 Å². The SMILES string of the molecule is COc1cc(/C=C(\C)CC[C@@H](O)C2=C(C)C[C@H]3C(=O)N(C4CCN(Cc5ccccc5)CC4)C(=O)[C@H]3[C@H]2CO)cc(I)c1O. The Hall–Kier alpha value is -2.73. The van der Waals surface area contributed by atoms with Gasteiger partial charge in [-0.3, -0.25) is 19.4 Å². The second-order valence-corrected chi connectivity index (χ2v) is 13.7. The number of amides is 2. The number of aromatic hydroxyl groups is 1. The number of likely N-dealkylation sites (tertiary alicyclic amines) is 2. The maximum atomic E-state index is 13.9. The van der Waals surface area contributed by atoms with Gasteiger partial charge in [-0.25, -0.2) is 0 Å². The molecule has 0 aromatic heterocycles. The fourth-order valence-electron chi connectivity index (χ4n) is 7.39. The maximum absolute atomic E-state index is 13.9. The first-order chi connectivity index (χ1) is 21.1. The minimum atomic E-state index is -0.830. The monoisotopic (exact) mass is 714 g/mol. The molecule has 3 N–H and O–H groups in total. The number of ether oxygens (including phenoxy) is 1. The number of halogens is 1. The molecule has 2 aromatic rings. The van der Waals surface area contributed by atoms with E-state index in [-0.39, 0.29) is 30.2 Å². The lowest BCUT2D eigenvalue weighted by Gasteiger charge is -2.36. The maximum Gasteiger partial charge on any atom is 0.234 e. The first-order valence-electron chi connectivity index (χ1n) is 15.5. The van der Waals surface area contributed by atoms with Crippen molar-refractivity contribution in [2.75, 3.05) is 26.8 Å². The summed E-state index contributed by atoms with van der Waals surface area (Å²) in [5.74, 6) is -1.48.